The van der Waals surface area contributed by atoms with Crippen LogP contribution < -0.4 is 11.1 Å². The van der Waals surface area contributed by atoms with E-state index in [9.17, 15) is 13.2 Å². The molecule has 0 fully saturated rings. The lowest BCUT2D eigenvalue weighted by Gasteiger charge is -2.14. The normalized spacial score (nSPS) is 11.7. The fourth-order valence-corrected chi connectivity index (χ4v) is 2.86. The second-order valence-corrected chi connectivity index (χ2v) is 6.17. The van der Waals surface area contributed by atoms with E-state index in [2.05, 4.69) is 25.6 Å². The summed E-state index contributed by atoms with van der Waals surface area (Å²) in [5.74, 6) is 0.372. The zero-order chi connectivity index (χ0) is 19.9. The molecule has 0 spiro atoms. The fraction of sp³-hybridized carbons (Fsp3) is 0.0588. The smallest absolute Gasteiger partial charge is 0.393 e. The van der Waals surface area contributed by atoms with Crippen molar-refractivity contribution in [2.75, 3.05) is 11.1 Å². The SMILES string of the molecule is Nc1c(Nc2ccc(Cl)c(C(F)(F)F)c2)ncnc1-n1nnc2ccccc21. The minimum atomic E-state index is -4.59. The first-order valence-corrected chi connectivity index (χ1v) is 8.27. The average molecular weight is 406 g/mol. The molecule has 11 heteroatoms. The standard InChI is InChI=1S/C17H11ClF3N7/c18-11-6-5-9(7-10(11)17(19,20)21)25-15-14(22)16(24-8-23-15)28-13-4-2-1-3-12(13)26-27-28/h1-8H,22H2,(H,23,24,25). The summed E-state index contributed by atoms with van der Waals surface area (Å²) < 4.78 is 40.6. The van der Waals surface area contributed by atoms with Crippen molar-refractivity contribution < 1.29 is 13.2 Å². The largest absolute Gasteiger partial charge is 0.417 e. The van der Waals surface area contributed by atoms with E-state index in [1.165, 1.54) is 17.1 Å². The number of rotatable bonds is 3. The number of nitrogens with one attached hydrogen (secondary N) is 1. The number of nitrogens with two attached hydrogens (primary N) is 1. The molecule has 4 rings (SSSR count). The number of alkyl halides is 3. The van der Waals surface area contributed by atoms with Gasteiger partial charge in [-0.25, -0.2) is 9.97 Å². The van der Waals surface area contributed by atoms with Crippen molar-refractivity contribution in [1.29, 1.82) is 0 Å². The van der Waals surface area contributed by atoms with E-state index in [0.717, 1.165) is 12.1 Å². The first-order chi connectivity index (χ1) is 13.3. The molecular formula is C17H11ClF3N7. The predicted molar refractivity (Wildman–Crippen MR) is 98.6 cm³/mol. The highest BCUT2D eigenvalue weighted by atomic mass is 35.5. The van der Waals surface area contributed by atoms with Gasteiger partial charge in [0.1, 0.15) is 17.5 Å². The van der Waals surface area contributed by atoms with E-state index in [1.807, 2.05) is 12.1 Å². The first-order valence-electron chi connectivity index (χ1n) is 7.89. The van der Waals surface area contributed by atoms with Gasteiger partial charge in [-0.2, -0.15) is 17.9 Å². The molecule has 0 amide bonds. The maximum Gasteiger partial charge on any atom is 0.417 e. The van der Waals surface area contributed by atoms with Crippen molar-refractivity contribution in [2.45, 2.75) is 6.18 Å². The number of nitrogens with zero attached hydrogens (tertiary/aromatic N) is 5. The third-order valence-electron chi connectivity index (χ3n) is 3.95. The van der Waals surface area contributed by atoms with Crippen molar-refractivity contribution in [1.82, 2.24) is 25.0 Å². The van der Waals surface area contributed by atoms with Gasteiger partial charge < -0.3 is 11.1 Å². The van der Waals surface area contributed by atoms with Crippen LogP contribution in [0.4, 0.5) is 30.4 Å². The zero-order valence-electron chi connectivity index (χ0n) is 13.9. The highest BCUT2D eigenvalue weighted by Crippen LogP contribution is 2.37. The lowest BCUT2D eigenvalue weighted by atomic mass is 10.2. The Balaban J connectivity index is 1.74. The predicted octanol–water partition coefficient (Wildman–Crippen LogP) is 4.21. The van der Waals surface area contributed by atoms with Crippen LogP contribution in [0.3, 0.4) is 0 Å². The number of halogens is 4. The molecule has 0 bridgehead atoms. The second kappa shape index (κ2) is 6.64. The van der Waals surface area contributed by atoms with Crippen molar-refractivity contribution in [3.8, 4) is 5.82 Å². The fourth-order valence-electron chi connectivity index (χ4n) is 2.64. The quantitative estimate of drug-likeness (QED) is 0.530. The minimum absolute atomic E-state index is 0.0988. The third-order valence-corrected chi connectivity index (χ3v) is 4.28. The molecule has 28 heavy (non-hydrogen) atoms. The Labute approximate surface area is 161 Å². The molecule has 0 saturated carbocycles. The molecule has 0 aliphatic carbocycles. The van der Waals surface area contributed by atoms with Crippen LogP contribution in [0.5, 0.6) is 0 Å². The van der Waals surface area contributed by atoms with Gasteiger partial charge in [-0.15, -0.1) is 5.10 Å². The number of benzene rings is 2. The maximum absolute atomic E-state index is 13.1. The van der Waals surface area contributed by atoms with Crippen molar-refractivity contribution >= 4 is 39.8 Å². The number of para-hydroxylation sites is 1. The van der Waals surface area contributed by atoms with E-state index >= 15 is 0 Å². The Hall–Kier alpha value is -3.40. The van der Waals surface area contributed by atoms with Gasteiger partial charge in [-0.1, -0.05) is 28.9 Å². The Kier molecular flexibility index (Phi) is 4.27. The van der Waals surface area contributed by atoms with E-state index in [1.54, 1.807) is 12.1 Å². The minimum Gasteiger partial charge on any atom is -0.393 e. The van der Waals surface area contributed by atoms with Gasteiger partial charge in [-0.3, -0.25) is 0 Å². The summed E-state index contributed by atoms with van der Waals surface area (Å²) in [6.45, 7) is 0. The Morgan fingerprint density at radius 3 is 2.64 bits per heavy atom. The van der Waals surface area contributed by atoms with Gasteiger partial charge in [0, 0.05) is 5.69 Å². The van der Waals surface area contributed by atoms with Crippen LogP contribution in [0.25, 0.3) is 16.9 Å². The molecule has 7 nitrogen and oxygen atoms in total. The highest BCUT2D eigenvalue weighted by Gasteiger charge is 2.33. The van der Waals surface area contributed by atoms with Crippen LogP contribution >= 0.6 is 11.6 Å². The maximum atomic E-state index is 13.1. The Bertz CT molecular complexity index is 1170. The molecule has 0 unspecified atom stereocenters. The highest BCUT2D eigenvalue weighted by molar-refractivity contribution is 6.31. The van der Waals surface area contributed by atoms with Gasteiger partial charge in [0.15, 0.2) is 11.6 Å². The summed E-state index contributed by atoms with van der Waals surface area (Å²) in [5.41, 5.74) is 6.71. The summed E-state index contributed by atoms with van der Waals surface area (Å²) in [5, 5.41) is 10.4. The van der Waals surface area contributed by atoms with Crippen molar-refractivity contribution in [2.24, 2.45) is 0 Å². The Morgan fingerprint density at radius 1 is 1.07 bits per heavy atom. The summed E-state index contributed by atoms with van der Waals surface area (Å²) in [6.07, 6.45) is -3.36. The van der Waals surface area contributed by atoms with Crippen LogP contribution in [0.1, 0.15) is 5.56 Å². The van der Waals surface area contributed by atoms with E-state index < -0.39 is 16.8 Å². The van der Waals surface area contributed by atoms with Gasteiger partial charge in [0.25, 0.3) is 0 Å². The van der Waals surface area contributed by atoms with Crippen LogP contribution in [-0.2, 0) is 6.18 Å². The number of hydrogen-bond donors (Lipinski definition) is 2. The lowest BCUT2D eigenvalue weighted by molar-refractivity contribution is -0.137. The van der Waals surface area contributed by atoms with Crippen LogP contribution in [0.2, 0.25) is 5.02 Å². The molecule has 2 aromatic carbocycles. The lowest BCUT2D eigenvalue weighted by Crippen LogP contribution is -2.10. The molecular weight excluding hydrogens is 395 g/mol. The second-order valence-electron chi connectivity index (χ2n) is 5.77. The molecule has 0 atom stereocenters. The molecule has 3 N–H and O–H groups in total. The third kappa shape index (κ3) is 3.18. The van der Waals surface area contributed by atoms with E-state index in [4.69, 9.17) is 17.3 Å². The zero-order valence-corrected chi connectivity index (χ0v) is 14.7. The molecule has 2 heterocycles. The van der Waals surface area contributed by atoms with E-state index in [-0.39, 0.29) is 23.0 Å². The molecule has 0 aliphatic rings. The number of fused-ring (bicyclic) bond motifs is 1. The van der Waals surface area contributed by atoms with Gasteiger partial charge in [0.2, 0.25) is 0 Å². The number of hydrogen-bond acceptors (Lipinski definition) is 6. The van der Waals surface area contributed by atoms with Gasteiger partial charge in [0.05, 0.1) is 16.1 Å². The van der Waals surface area contributed by atoms with Crippen molar-refractivity contribution in [3.63, 3.8) is 0 Å². The summed E-state index contributed by atoms with van der Waals surface area (Å²) in [7, 11) is 0. The number of anilines is 3. The Morgan fingerprint density at radius 2 is 1.86 bits per heavy atom. The monoisotopic (exact) mass is 405 g/mol. The molecule has 0 radical (unpaired) electrons. The van der Waals surface area contributed by atoms with Crippen LogP contribution in [-0.4, -0.2) is 25.0 Å². The van der Waals surface area contributed by atoms with E-state index in [0.29, 0.717) is 11.0 Å². The molecule has 0 aliphatic heterocycles. The van der Waals surface area contributed by atoms with Gasteiger partial charge in [-0.05, 0) is 30.3 Å². The number of aromatic nitrogens is 5. The van der Waals surface area contributed by atoms with Crippen LogP contribution in [0.15, 0.2) is 48.8 Å². The molecule has 0 saturated heterocycles. The van der Waals surface area contributed by atoms with Crippen molar-refractivity contribution in [3.05, 3.63) is 59.4 Å². The topological polar surface area (TPSA) is 94.5 Å². The molecule has 142 valence electrons. The number of nitrogen functional groups attached to an aromatic ring is 1. The first kappa shape index (κ1) is 18.0. The van der Waals surface area contributed by atoms with Crippen LogP contribution in [0, 0.1) is 0 Å². The summed E-state index contributed by atoms with van der Waals surface area (Å²) in [6, 6.07) is 10.6. The summed E-state index contributed by atoms with van der Waals surface area (Å²) in [4.78, 5) is 8.14. The summed E-state index contributed by atoms with van der Waals surface area (Å²) >= 11 is 5.65. The molecule has 2 aromatic heterocycles. The van der Waals surface area contributed by atoms with Gasteiger partial charge >= 0.3 is 6.18 Å². The molecule has 4 aromatic rings. The average Bonchev–Trinajstić information content (AvgIpc) is 3.08.